The van der Waals surface area contributed by atoms with Crippen LogP contribution in [0.1, 0.15) is 18.3 Å². The predicted octanol–water partition coefficient (Wildman–Crippen LogP) is 2.77. The van der Waals surface area contributed by atoms with Crippen molar-refractivity contribution in [2.24, 2.45) is 7.05 Å². The summed E-state index contributed by atoms with van der Waals surface area (Å²) >= 11 is 3.48. The Morgan fingerprint density at radius 3 is 2.75 bits per heavy atom. The molecule has 2 rings (SSSR count). The Morgan fingerprint density at radius 1 is 1.50 bits per heavy atom. The summed E-state index contributed by atoms with van der Waals surface area (Å²) in [4.78, 5) is 0.419. The van der Waals surface area contributed by atoms with Crippen molar-refractivity contribution in [2.45, 2.75) is 24.0 Å². The van der Waals surface area contributed by atoms with Gasteiger partial charge in [0.2, 0.25) is 0 Å². The van der Waals surface area contributed by atoms with E-state index in [4.69, 9.17) is 5.73 Å². The van der Waals surface area contributed by atoms with Gasteiger partial charge in [0.05, 0.1) is 38.1 Å². The number of nitrogen functional groups attached to an aromatic ring is 1. The normalized spacial score (nSPS) is 12.6. The minimum atomic E-state index is -1.35. The molecule has 0 radical (unpaired) electrons. The molecule has 2 N–H and O–H groups in total. The molecule has 0 bridgehead atoms. The van der Waals surface area contributed by atoms with Crippen molar-refractivity contribution in [3.63, 3.8) is 0 Å². The summed E-state index contributed by atoms with van der Waals surface area (Å²) < 4.78 is 28.3. The molecule has 0 saturated carbocycles. The van der Waals surface area contributed by atoms with Crippen LogP contribution in [0.2, 0.25) is 0 Å². The lowest BCUT2D eigenvalue weighted by Gasteiger charge is -2.05. The maximum Gasteiger partial charge on any atom is 0.147 e. The first kappa shape index (κ1) is 15.2. The summed E-state index contributed by atoms with van der Waals surface area (Å²) in [7, 11) is 0.457. The summed E-state index contributed by atoms with van der Waals surface area (Å²) in [5.74, 6) is -0.276. The fourth-order valence-corrected chi connectivity index (χ4v) is 3.98. The molecule has 7 heteroatoms. The number of aryl methyl sites for hydroxylation is 2. The van der Waals surface area contributed by atoms with E-state index >= 15 is 0 Å². The van der Waals surface area contributed by atoms with E-state index in [-0.39, 0.29) is 11.4 Å². The third kappa shape index (κ3) is 2.93. The summed E-state index contributed by atoms with van der Waals surface area (Å²) in [5.41, 5.74) is 7.22. The fraction of sp³-hybridized carbons (Fsp3) is 0.308. The second kappa shape index (κ2) is 6.05. The minimum Gasteiger partial charge on any atom is -0.396 e. The van der Waals surface area contributed by atoms with E-state index in [0.29, 0.717) is 4.90 Å². The van der Waals surface area contributed by atoms with Crippen LogP contribution in [0.3, 0.4) is 0 Å². The van der Waals surface area contributed by atoms with Crippen molar-refractivity contribution in [3.05, 3.63) is 39.9 Å². The first-order chi connectivity index (χ1) is 9.43. The topological polar surface area (TPSA) is 60.9 Å². The number of benzene rings is 1. The number of halogens is 2. The number of hydrogen-bond acceptors (Lipinski definition) is 3. The molecule has 20 heavy (non-hydrogen) atoms. The molecule has 1 unspecified atom stereocenters. The average molecular weight is 360 g/mol. The van der Waals surface area contributed by atoms with Crippen LogP contribution in [0.15, 0.2) is 27.6 Å². The number of nitrogens with zero attached hydrogens (tertiary/aromatic N) is 2. The minimum absolute atomic E-state index is 0.0562. The monoisotopic (exact) mass is 359 g/mol. The zero-order valence-electron chi connectivity index (χ0n) is 11.2. The highest BCUT2D eigenvalue weighted by Crippen LogP contribution is 2.25. The lowest BCUT2D eigenvalue weighted by Crippen LogP contribution is -2.04. The van der Waals surface area contributed by atoms with Crippen molar-refractivity contribution in [1.82, 2.24) is 9.78 Å². The van der Waals surface area contributed by atoms with Gasteiger partial charge in [-0.3, -0.25) is 8.89 Å². The highest BCUT2D eigenvalue weighted by molar-refractivity contribution is 9.10. The summed E-state index contributed by atoms with van der Waals surface area (Å²) in [6.07, 6.45) is 0.789. The molecule has 1 atom stereocenters. The number of aromatic nitrogens is 2. The van der Waals surface area contributed by atoms with E-state index in [1.807, 2.05) is 6.92 Å². The smallest absolute Gasteiger partial charge is 0.147 e. The van der Waals surface area contributed by atoms with Crippen LogP contribution in [0.5, 0.6) is 0 Å². The largest absolute Gasteiger partial charge is 0.396 e. The molecule has 0 aliphatic rings. The van der Waals surface area contributed by atoms with Crippen molar-refractivity contribution in [3.8, 4) is 0 Å². The van der Waals surface area contributed by atoms with Crippen molar-refractivity contribution >= 4 is 32.4 Å². The highest BCUT2D eigenvalue weighted by Gasteiger charge is 2.16. The first-order valence-corrected chi connectivity index (χ1v) is 8.18. The Bertz CT molecular complexity index is 672. The lowest BCUT2D eigenvalue weighted by molar-refractivity contribution is 0.627. The van der Waals surface area contributed by atoms with Gasteiger partial charge >= 0.3 is 0 Å². The molecule has 1 aromatic heterocycles. The van der Waals surface area contributed by atoms with Gasteiger partial charge in [0.1, 0.15) is 5.82 Å². The molecule has 1 aromatic carbocycles. The maximum absolute atomic E-state index is 13.4. The Hall–Kier alpha value is -1.21. The van der Waals surface area contributed by atoms with Crippen LogP contribution in [0, 0.1) is 5.82 Å². The third-order valence-corrected chi connectivity index (χ3v) is 5.24. The molecular formula is C13H15BrFN3OS. The van der Waals surface area contributed by atoms with Crippen LogP contribution in [-0.2, 0) is 30.0 Å². The Balaban J connectivity index is 2.28. The Labute approximate surface area is 127 Å². The zero-order valence-corrected chi connectivity index (χ0v) is 13.6. The molecule has 2 aromatic rings. The van der Waals surface area contributed by atoms with Crippen LogP contribution in [0.4, 0.5) is 10.1 Å². The molecule has 0 amide bonds. The molecule has 0 fully saturated rings. The third-order valence-electron chi connectivity index (χ3n) is 3.01. The van der Waals surface area contributed by atoms with Gasteiger partial charge in [0.25, 0.3) is 0 Å². The van der Waals surface area contributed by atoms with Crippen molar-refractivity contribution in [1.29, 1.82) is 0 Å². The number of nitrogens with two attached hydrogens (primary N) is 1. The quantitative estimate of drug-likeness (QED) is 0.853. The second-order valence-corrected chi connectivity index (χ2v) is 6.60. The van der Waals surface area contributed by atoms with Gasteiger partial charge in [-0.2, -0.15) is 5.10 Å². The van der Waals surface area contributed by atoms with Crippen LogP contribution < -0.4 is 5.73 Å². The number of rotatable bonds is 4. The molecule has 0 saturated heterocycles. The van der Waals surface area contributed by atoms with Crippen molar-refractivity contribution < 1.29 is 8.60 Å². The lowest BCUT2D eigenvalue weighted by atomic mass is 10.3. The van der Waals surface area contributed by atoms with Gasteiger partial charge in [-0.15, -0.1) is 0 Å². The van der Waals surface area contributed by atoms with Gasteiger partial charge in [-0.25, -0.2) is 4.39 Å². The van der Waals surface area contributed by atoms with E-state index in [1.165, 1.54) is 12.1 Å². The van der Waals surface area contributed by atoms with Gasteiger partial charge in [-0.1, -0.05) is 6.92 Å². The van der Waals surface area contributed by atoms with Gasteiger partial charge in [-0.05, 0) is 40.5 Å². The Morgan fingerprint density at radius 2 is 2.20 bits per heavy atom. The van der Waals surface area contributed by atoms with Gasteiger partial charge in [0.15, 0.2) is 0 Å². The standard InChI is InChI=1S/C13H15BrFN3OS/c1-3-11-13(14)12(18(2)17-11)7-20(19)8-4-5-10(16)9(15)6-8/h4-6H,3,7,16H2,1-2H3. The summed E-state index contributed by atoms with van der Waals surface area (Å²) in [5, 5.41) is 4.35. The predicted molar refractivity (Wildman–Crippen MR) is 81.2 cm³/mol. The average Bonchev–Trinajstić information content (AvgIpc) is 2.69. The highest BCUT2D eigenvalue weighted by atomic mass is 79.9. The molecule has 108 valence electrons. The molecule has 1 heterocycles. The summed E-state index contributed by atoms with van der Waals surface area (Å²) in [6, 6.07) is 4.23. The van der Waals surface area contributed by atoms with Gasteiger partial charge in [0, 0.05) is 11.9 Å². The summed E-state index contributed by atoms with van der Waals surface area (Å²) in [6.45, 7) is 2.00. The van der Waals surface area contributed by atoms with E-state index in [0.717, 1.165) is 22.3 Å². The van der Waals surface area contributed by atoms with E-state index in [9.17, 15) is 8.60 Å². The Kier molecular flexibility index (Phi) is 4.59. The van der Waals surface area contributed by atoms with Gasteiger partial charge < -0.3 is 5.73 Å². The first-order valence-electron chi connectivity index (χ1n) is 6.07. The molecule has 0 aliphatic heterocycles. The fourth-order valence-electron chi connectivity index (χ4n) is 1.83. The van der Waals surface area contributed by atoms with Crippen molar-refractivity contribution in [2.75, 3.05) is 5.73 Å². The van der Waals surface area contributed by atoms with E-state index in [2.05, 4.69) is 21.0 Å². The number of hydrogen-bond donors (Lipinski definition) is 1. The molecule has 0 aliphatic carbocycles. The van der Waals surface area contributed by atoms with E-state index < -0.39 is 16.6 Å². The number of anilines is 1. The van der Waals surface area contributed by atoms with Crippen LogP contribution in [-0.4, -0.2) is 14.0 Å². The van der Waals surface area contributed by atoms with Crippen LogP contribution in [0.25, 0.3) is 0 Å². The zero-order chi connectivity index (χ0) is 14.9. The maximum atomic E-state index is 13.4. The molecular weight excluding hydrogens is 345 g/mol. The SMILES string of the molecule is CCc1nn(C)c(CS(=O)c2ccc(N)c(F)c2)c1Br. The molecule has 4 nitrogen and oxygen atoms in total. The van der Waals surface area contributed by atoms with Crippen LogP contribution >= 0.6 is 15.9 Å². The van der Waals surface area contributed by atoms with E-state index in [1.54, 1.807) is 17.8 Å². The second-order valence-electron chi connectivity index (χ2n) is 4.36. The molecule has 0 spiro atoms.